The topological polar surface area (TPSA) is 27.7 Å². The summed E-state index contributed by atoms with van der Waals surface area (Å²) in [5.41, 5.74) is 2.45. The molecule has 0 radical (unpaired) electrons. The zero-order chi connectivity index (χ0) is 22.1. The highest BCUT2D eigenvalue weighted by Gasteiger charge is 2.39. The van der Waals surface area contributed by atoms with Gasteiger partial charge in [-0.3, -0.25) is 0 Å². The minimum absolute atomic E-state index is 0.111. The standard InChI is InChI=1S/C25H44O3Si/c1-10-20(2)16-24(28-29(8,9)25(4,5)6)18-23(26-7)17-21(3)27-19-22-14-12-11-13-15-22/h11-15,21,23-24H,2,10,16-19H2,1,3-9H3/t21-,23-,24-/m1/s1. The van der Waals surface area contributed by atoms with Gasteiger partial charge in [-0.05, 0) is 56.3 Å². The van der Waals surface area contributed by atoms with Gasteiger partial charge in [0.15, 0.2) is 8.32 Å². The summed E-state index contributed by atoms with van der Waals surface area (Å²) >= 11 is 0. The first-order valence-corrected chi connectivity index (χ1v) is 13.9. The minimum atomic E-state index is -1.85. The molecule has 0 saturated carbocycles. The van der Waals surface area contributed by atoms with Crippen LogP contribution in [0.4, 0.5) is 0 Å². The lowest BCUT2D eigenvalue weighted by atomic mass is 10.00. The fraction of sp³-hybridized carbons (Fsp3) is 0.680. The summed E-state index contributed by atoms with van der Waals surface area (Å²) in [7, 11) is -0.0561. The van der Waals surface area contributed by atoms with Crippen molar-refractivity contribution >= 4 is 8.32 Å². The Morgan fingerprint density at radius 1 is 1.07 bits per heavy atom. The van der Waals surface area contributed by atoms with E-state index < -0.39 is 8.32 Å². The largest absolute Gasteiger partial charge is 0.414 e. The third-order valence-corrected chi connectivity index (χ3v) is 10.7. The lowest BCUT2D eigenvalue weighted by molar-refractivity contribution is -0.0156. The van der Waals surface area contributed by atoms with Gasteiger partial charge < -0.3 is 13.9 Å². The number of rotatable bonds is 13. The molecule has 3 nitrogen and oxygen atoms in total. The molecule has 166 valence electrons. The Labute approximate surface area is 181 Å². The third-order valence-electron chi connectivity index (χ3n) is 6.12. The lowest BCUT2D eigenvalue weighted by Gasteiger charge is -2.40. The Bertz CT molecular complexity index is 592. The normalized spacial score (nSPS) is 15.7. The van der Waals surface area contributed by atoms with Crippen molar-refractivity contribution in [2.45, 2.75) is 103 Å². The summed E-state index contributed by atoms with van der Waals surface area (Å²) < 4.78 is 18.7. The summed E-state index contributed by atoms with van der Waals surface area (Å²) in [6.07, 6.45) is 4.02. The number of ether oxygens (including phenoxy) is 2. The Morgan fingerprint density at radius 2 is 1.69 bits per heavy atom. The van der Waals surface area contributed by atoms with Gasteiger partial charge in [0.05, 0.1) is 24.9 Å². The number of hydrogen-bond donors (Lipinski definition) is 0. The van der Waals surface area contributed by atoms with Crippen molar-refractivity contribution in [2.24, 2.45) is 0 Å². The van der Waals surface area contributed by atoms with E-state index in [1.807, 2.05) is 18.2 Å². The number of hydrogen-bond acceptors (Lipinski definition) is 3. The summed E-state index contributed by atoms with van der Waals surface area (Å²) in [6.45, 7) is 20.7. The van der Waals surface area contributed by atoms with Gasteiger partial charge in [-0.2, -0.15) is 0 Å². The monoisotopic (exact) mass is 420 g/mol. The molecule has 0 aromatic heterocycles. The molecular weight excluding hydrogens is 376 g/mol. The fourth-order valence-corrected chi connectivity index (χ4v) is 4.43. The summed E-state index contributed by atoms with van der Waals surface area (Å²) in [4.78, 5) is 0. The summed E-state index contributed by atoms with van der Waals surface area (Å²) in [5, 5.41) is 0.188. The second-order valence-corrected chi connectivity index (χ2v) is 14.5. The van der Waals surface area contributed by atoms with Gasteiger partial charge in [-0.25, -0.2) is 0 Å². The van der Waals surface area contributed by atoms with E-state index in [0.29, 0.717) is 6.61 Å². The Hall–Kier alpha value is -0.943. The molecule has 0 unspecified atom stereocenters. The van der Waals surface area contributed by atoms with Crippen LogP contribution in [0.15, 0.2) is 42.5 Å². The van der Waals surface area contributed by atoms with E-state index in [2.05, 4.69) is 66.4 Å². The molecule has 0 aliphatic carbocycles. The van der Waals surface area contributed by atoms with E-state index in [-0.39, 0.29) is 23.4 Å². The summed E-state index contributed by atoms with van der Waals surface area (Å²) in [5.74, 6) is 0. The molecule has 4 heteroatoms. The first-order chi connectivity index (χ1) is 13.5. The van der Waals surface area contributed by atoms with Gasteiger partial charge in [0.25, 0.3) is 0 Å². The molecule has 0 amide bonds. The van der Waals surface area contributed by atoms with Crippen LogP contribution in [0.5, 0.6) is 0 Å². The van der Waals surface area contributed by atoms with Crippen LogP contribution in [-0.2, 0) is 20.5 Å². The van der Waals surface area contributed by atoms with Crippen LogP contribution < -0.4 is 0 Å². The van der Waals surface area contributed by atoms with E-state index in [1.54, 1.807) is 7.11 Å². The van der Waals surface area contributed by atoms with E-state index in [1.165, 1.54) is 11.1 Å². The Kier molecular flexibility index (Phi) is 10.8. The van der Waals surface area contributed by atoms with Gasteiger partial charge in [0, 0.05) is 7.11 Å². The van der Waals surface area contributed by atoms with E-state index in [4.69, 9.17) is 13.9 Å². The molecule has 0 N–H and O–H groups in total. The second-order valence-electron chi connectivity index (χ2n) is 9.74. The Morgan fingerprint density at radius 3 is 2.21 bits per heavy atom. The van der Waals surface area contributed by atoms with Gasteiger partial charge in [-0.15, -0.1) is 0 Å². The highest BCUT2D eigenvalue weighted by atomic mass is 28.4. The van der Waals surface area contributed by atoms with Gasteiger partial charge in [0.1, 0.15) is 0 Å². The van der Waals surface area contributed by atoms with Crippen molar-refractivity contribution in [3.63, 3.8) is 0 Å². The number of benzene rings is 1. The van der Waals surface area contributed by atoms with E-state index in [9.17, 15) is 0 Å². The van der Waals surface area contributed by atoms with Crippen molar-refractivity contribution in [3.8, 4) is 0 Å². The zero-order valence-electron chi connectivity index (χ0n) is 20.1. The second kappa shape index (κ2) is 12.0. The minimum Gasteiger partial charge on any atom is -0.414 e. The van der Waals surface area contributed by atoms with Crippen LogP contribution >= 0.6 is 0 Å². The average Bonchev–Trinajstić information content (AvgIpc) is 2.65. The van der Waals surface area contributed by atoms with Crippen LogP contribution in [0.1, 0.15) is 65.9 Å². The quantitative estimate of drug-likeness (QED) is 0.251. The summed E-state index contributed by atoms with van der Waals surface area (Å²) in [6, 6.07) is 10.3. The van der Waals surface area contributed by atoms with Crippen LogP contribution in [0, 0.1) is 0 Å². The molecule has 0 spiro atoms. The first-order valence-electron chi connectivity index (χ1n) is 11.0. The smallest absolute Gasteiger partial charge is 0.192 e. The molecule has 0 saturated heterocycles. The molecular formula is C25H44O3Si. The van der Waals surface area contributed by atoms with Crippen LogP contribution in [0.2, 0.25) is 18.1 Å². The third kappa shape index (κ3) is 9.60. The molecule has 1 aromatic carbocycles. The van der Waals surface area contributed by atoms with Crippen molar-refractivity contribution in [3.05, 3.63) is 48.0 Å². The fourth-order valence-electron chi connectivity index (χ4n) is 3.07. The maximum Gasteiger partial charge on any atom is 0.192 e. The van der Waals surface area contributed by atoms with E-state index in [0.717, 1.165) is 25.7 Å². The van der Waals surface area contributed by atoms with Crippen LogP contribution in [0.25, 0.3) is 0 Å². The molecule has 0 bridgehead atoms. The zero-order valence-corrected chi connectivity index (χ0v) is 21.1. The SMILES string of the molecule is C=C(CC)C[C@H](C[C@@H](C[C@@H](C)OCc1ccccc1)OC)O[Si](C)(C)C(C)(C)C. The molecule has 29 heavy (non-hydrogen) atoms. The maximum atomic E-state index is 6.78. The van der Waals surface area contributed by atoms with Gasteiger partial charge in [0.2, 0.25) is 0 Å². The predicted octanol–water partition coefficient (Wildman–Crippen LogP) is 7.13. The predicted molar refractivity (Wildman–Crippen MR) is 127 cm³/mol. The first kappa shape index (κ1) is 26.1. The Balaban J connectivity index is 2.70. The molecule has 0 heterocycles. The van der Waals surface area contributed by atoms with Gasteiger partial charge >= 0.3 is 0 Å². The average molecular weight is 421 g/mol. The molecule has 1 aromatic rings. The maximum absolute atomic E-state index is 6.78. The molecule has 3 atom stereocenters. The van der Waals surface area contributed by atoms with Crippen molar-refractivity contribution in [2.75, 3.05) is 7.11 Å². The van der Waals surface area contributed by atoms with Crippen LogP contribution in [-0.4, -0.2) is 33.7 Å². The van der Waals surface area contributed by atoms with Crippen molar-refractivity contribution in [1.82, 2.24) is 0 Å². The highest BCUT2D eigenvalue weighted by Crippen LogP contribution is 2.38. The van der Waals surface area contributed by atoms with E-state index >= 15 is 0 Å². The van der Waals surface area contributed by atoms with Crippen molar-refractivity contribution in [1.29, 1.82) is 0 Å². The van der Waals surface area contributed by atoms with Crippen molar-refractivity contribution < 1.29 is 13.9 Å². The van der Waals surface area contributed by atoms with Gasteiger partial charge in [-0.1, -0.05) is 70.2 Å². The number of methoxy groups -OCH3 is 1. The molecule has 0 fully saturated rings. The molecule has 1 rings (SSSR count). The molecule has 0 aliphatic heterocycles. The molecule has 0 aliphatic rings. The lowest BCUT2D eigenvalue weighted by Crippen LogP contribution is -2.45. The highest BCUT2D eigenvalue weighted by molar-refractivity contribution is 6.74. The van der Waals surface area contributed by atoms with Crippen LogP contribution in [0.3, 0.4) is 0 Å².